The van der Waals surface area contributed by atoms with Crippen LogP contribution in [0.5, 0.6) is 0 Å². The predicted octanol–water partition coefficient (Wildman–Crippen LogP) is 3.51. The minimum absolute atomic E-state index is 0.294. The van der Waals surface area contributed by atoms with Crippen molar-refractivity contribution in [1.29, 1.82) is 5.26 Å². The molecule has 0 unspecified atom stereocenters. The van der Waals surface area contributed by atoms with E-state index < -0.39 is 5.82 Å². The van der Waals surface area contributed by atoms with Crippen molar-refractivity contribution in [3.63, 3.8) is 0 Å². The number of fused-ring (bicyclic) bond motifs is 1. The fraction of sp³-hybridized carbons (Fsp3) is 0.0588. The van der Waals surface area contributed by atoms with Crippen molar-refractivity contribution < 1.29 is 9.18 Å². The molecule has 0 N–H and O–H groups in total. The summed E-state index contributed by atoms with van der Waals surface area (Å²) in [5, 5.41) is 9.61. The fourth-order valence-corrected chi connectivity index (χ4v) is 2.43. The van der Waals surface area contributed by atoms with E-state index in [0.717, 1.165) is 17.2 Å². The first-order valence-corrected chi connectivity index (χ1v) is 6.44. The number of aldehydes is 1. The van der Waals surface area contributed by atoms with Gasteiger partial charge in [0.2, 0.25) is 0 Å². The van der Waals surface area contributed by atoms with Gasteiger partial charge in [-0.05, 0) is 18.2 Å². The van der Waals surface area contributed by atoms with Crippen molar-refractivity contribution in [2.24, 2.45) is 0 Å². The highest BCUT2D eigenvalue weighted by Crippen LogP contribution is 2.22. The van der Waals surface area contributed by atoms with Gasteiger partial charge in [-0.25, -0.2) is 4.39 Å². The van der Waals surface area contributed by atoms with Crippen molar-refractivity contribution in [1.82, 2.24) is 4.57 Å². The molecule has 4 heteroatoms. The Kier molecular flexibility index (Phi) is 3.25. The lowest BCUT2D eigenvalue weighted by atomic mass is 10.1. The zero-order valence-electron chi connectivity index (χ0n) is 11.1. The van der Waals surface area contributed by atoms with Gasteiger partial charge >= 0.3 is 0 Å². The van der Waals surface area contributed by atoms with Crippen LogP contribution in [0, 0.1) is 17.1 Å². The number of para-hydroxylation sites is 1. The standard InChI is InChI=1S/C17H11FN2O/c18-16-7-12(8-19)5-6-13(16)9-20-10-14(11-21)15-3-1-2-4-17(15)20/h1-7,10-11H,9H2. The molecule has 0 spiro atoms. The molecule has 0 saturated carbocycles. The number of hydrogen-bond acceptors (Lipinski definition) is 2. The van der Waals surface area contributed by atoms with Crippen LogP contribution in [-0.2, 0) is 6.54 Å². The molecule has 0 atom stereocenters. The molecule has 21 heavy (non-hydrogen) atoms. The fourth-order valence-electron chi connectivity index (χ4n) is 2.43. The lowest BCUT2D eigenvalue weighted by Crippen LogP contribution is -2.01. The second-order valence-corrected chi connectivity index (χ2v) is 4.77. The molecule has 1 heterocycles. The van der Waals surface area contributed by atoms with Crippen molar-refractivity contribution in [3.05, 3.63) is 71.2 Å². The average Bonchev–Trinajstić information content (AvgIpc) is 2.87. The van der Waals surface area contributed by atoms with Gasteiger partial charge in [0.25, 0.3) is 0 Å². The first-order valence-electron chi connectivity index (χ1n) is 6.44. The van der Waals surface area contributed by atoms with E-state index in [4.69, 9.17) is 5.26 Å². The molecule has 0 saturated heterocycles. The number of nitriles is 1. The maximum Gasteiger partial charge on any atom is 0.152 e. The minimum atomic E-state index is -0.417. The number of carbonyl (C=O) groups is 1. The summed E-state index contributed by atoms with van der Waals surface area (Å²) in [4.78, 5) is 11.1. The van der Waals surface area contributed by atoms with Crippen LogP contribution < -0.4 is 0 Å². The molecule has 3 rings (SSSR count). The molecule has 0 amide bonds. The summed E-state index contributed by atoms with van der Waals surface area (Å²) in [6, 6.07) is 13.8. The highest BCUT2D eigenvalue weighted by atomic mass is 19.1. The molecular formula is C17H11FN2O. The Labute approximate surface area is 120 Å². The van der Waals surface area contributed by atoms with E-state index in [1.54, 1.807) is 18.3 Å². The van der Waals surface area contributed by atoms with Crippen molar-refractivity contribution in [2.45, 2.75) is 6.54 Å². The Bertz CT molecular complexity index is 874. The summed E-state index contributed by atoms with van der Waals surface area (Å²) in [5.74, 6) is -0.417. The Morgan fingerprint density at radius 2 is 2.05 bits per heavy atom. The molecule has 0 bridgehead atoms. The summed E-state index contributed by atoms with van der Waals surface area (Å²) < 4.78 is 15.8. The SMILES string of the molecule is N#Cc1ccc(Cn2cc(C=O)c3ccccc32)c(F)c1. The summed E-state index contributed by atoms with van der Waals surface area (Å²) in [6.45, 7) is 0.311. The molecule has 1 aromatic heterocycles. The van der Waals surface area contributed by atoms with E-state index in [0.29, 0.717) is 23.2 Å². The third kappa shape index (κ3) is 2.30. The van der Waals surface area contributed by atoms with E-state index in [-0.39, 0.29) is 0 Å². The van der Waals surface area contributed by atoms with E-state index >= 15 is 0 Å². The maximum atomic E-state index is 14.0. The number of hydrogen-bond donors (Lipinski definition) is 0. The van der Waals surface area contributed by atoms with Crippen LogP contribution >= 0.6 is 0 Å². The van der Waals surface area contributed by atoms with Crippen LogP contribution in [-0.4, -0.2) is 10.9 Å². The van der Waals surface area contributed by atoms with Crippen molar-refractivity contribution >= 4 is 17.2 Å². The van der Waals surface area contributed by atoms with E-state index in [1.807, 2.05) is 34.9 Å². The normalized spacial score (nSPS) is 10.5. The van der Waals surface area contributed by atoms with Gasteiger partial charge in [-0.1, -0.05) is 24.3 Å². The summed E-state index contributed by atoms with van der Waals surface area (Å²) in [6.07, 6.45) is 2.52. The molecule has 2 aromatic carbocycles. The zero-order chi connectivity index (χ0) is 14.8. The number of aromatic nitrogens is 1. The van der Waals surface area contributed by atoms with E-state index in [2.05, 4.69) is 0 Å². The second kappa shape index (κ2) is 5.22. The van der Waals surface area contributed by atoms with Crippen molar-refractivity contribution in [2.75, 3.05) is 0 Å². The van der Waals surface area contributed by atoms with Crippen LogP contribution in [0.25, 0.3) is 10.9 Å². The number of nitrogens with zero attached hydrogens (tertiary/aromatic N) is 2. The topological polar surface area (TPSA) is 45.8 Å². The van der Waals surface area contributed by atoms with Crippen LogP contribution in [0.4, 0.5) is 4.39 Å². The number of carbonyl (C=O) groups excluding carboxylic acids is 1. The van der Waals surface area contributed by atoms with Gasteiger partial charge in [0.05, 0.1) is 18.2 Å². The molecule has 0 radical (unpaired) electrons. The average molecular weight is 278 g/mol. The smallest absolute Gasteiger partial charge is 0.152 e. The van der Waals surface area contributed by atoms with Gasteiger partial charge in [0.1, 0.15) is 5.82 Å². The Morgan fingerprint density at radius 1 is 1.24 bits per heavy atom. The Balaban J connectivity index is 2.06. The van der Waals surface area contributed by atoms with Crippen LogP contribution in [0.15, 0.2) is 48.7 Å². The van der Waals surface area contributed by atoms with Gasteiger partial charge in [-0.2, -0.15) is 5.26 Å². The lowest BCUT2D eigenvalue weighted by Gasteiger charge is -2.07. The summed E-state index contributed by atoms with van der Waals surface area (Å²) in [5.41, 5.74) is 2.23. The van der Waals surface area contributed by atoms with Gasteiger partial charge < -0.3 is 4.57 Å². The molecule has 0 aliphatic heterocycles. The number of rotatable bonds is 3. The van der Waals surface area contributed by atoms with Crippen LogP contribution in [0.2, 0.25) is 0 Å². The molecular weight excluding hydrogens is 267 g/mol. The first kappa shape index (κ1) is 13.1. The summed E-state index contributed by atoms with van der Waals surface area (Å²) in [7, 11) is 0. The van der Waals surface area contributed by atoms with E-state index in [9.17, 15) is 9.18 Å². The summed E-state index contributed by atoms with van der Waals surface area (Å²) >= 11 is 0. The lowest BCUT2D eigenvalue weighted by molar-refractivity contribution is 0.112. The maximum absolute atomic E-state index is 14.0. The van der Waals surface area contributed by atoms with Gasteiger partial charge in [-0.3, -0.25) is 4.79 Å². The molecule has 102 valence electrons. The second-order valence-electron chi connectivity index (χ2n) is 4.77. The molecule has 3 aromatic rings. The molecule has 0 aliphatic rings. The molecule has 3 nitrogen and oxygen atoms in total. The number of halogens is 1. The number of benzene rings is 2. The highest BCUT2D eigenvalue weighted by molar-refractivity contribution is 5.97. The molecule has 0 aliphatic carbocycles. The van der Waals surface area contributed by atoms with Gasteiger partial charge in [0.15, 0.2) is 6.29 Å². The minimum Gasteiger partial charge on any atom is -0.342 e. The molecule has 0 fully saturated rings. The van der Waals surface area contributed by atoms with Gasteiger partial charge in [0, 0.05) is 28.2 Å². The zero-order valence-corrected chi connectivity index (χ0v) is 11.1. The van der Waals surface area contributed by atoms with Crippen molar-refractivity contribution in [3.8, 4) is 6.07 Å². The van der Waals surface area contributed by atoms with E-state index in [1.165, 1.54) is 6.07 Å². The Morgan fingerprint density at radius 3 is 2.76 bits per heavy atom. The third-order valence-electron chi connectivity index (χ3n) is 3.47. The highest BCUT2D eigenvalue weighted by Gasteiger charge is 2.10. The largest absolute Gasteiger partial charge is 0.342 e. The third-order valence-corrected chi connectivity index (χ3v) is 3.47. The Hall–Kier alpha value is -2.93. The van der Waals surface area contributed by atoms with Crippen LogP contribution in [0.1, 0.15) is 21.5 Å². The van der Waals surface area contributed by atoms with Crippen LogP contribution in [0.3, 0.4) is 0 Å². The van der Waals surface area contributed by atoms with Gasteiger partial charge in [-0.15, -0.1) is 0 Å². The quantitative estimate of drug-likeness (QED) is 0.688. The first-order chi connectivity index (χ1) is 10.2. The monoisotopic (exact) mass is 278 g/mol. The predicted molar refractivity (Wildman–Crippen MR) is 77.5 cm³/mol.